The maximum atomic E-state index is 10.6. The number of rotatable bonds is 4. The molecule has 0 saturated heterocycles. The second-order valence-electron chi connectivity index (χ2n) is 11.2. The van der Waals surface area contributed by atoms with E-state index in [0.717, 1.165) is 24.3 Å². The van der Waals surface area contributed by atoms with Crippen molar-refractivity contribution in [3.63, 3.8) is 0 Å². The standard InChI is InChI=1S/2C8H8N2O4.4C6H7N/c2*9-8(14)10-4-1-2-6(11)5(3-4)7(12)13;4*1-6-2-4-7-5-3-6/h2*1-3,11H,(H,12,13)(H3,9,10,14);4*2-5H,1H3. The summed E-state index contributed by atoms with van der Waals surface area (Å²) in [6.07, 6.45) is 14.3. The zero-order valence-corrected chi connectivity index (χ0v) is 31.1. The molecule has 0 atom stereocenters. The summed E-state index contributed by atoms with van der Waals surface area (Å²) in [5, 5.41) is 39.9. The third kappa shape index (κ3) is 21.5. The number of aromatic hydroxyl groups is 2. The molecule has 0 radical (unpaired) electrons. The smallest absolute Gasteiger partial charge is 0.339 e. The first kappa shape index (κ1) is 46.1. The van der Waals surface area contributed by atoms with Crippen molar-refractivity contribution in [3.8, 4) is 11.5 Å². The van der Waals surface area contributed by atoms with Crippen molar-refractivity contribution in [2.45, 2.75) is 27.7 Å². The van der Waals surface area contributed by atoms with Gasteiger partial charge in [-0.1, -0.05) is 0 Å². The van der Waals surface area contributed by atoms with E-state index in [-0.39, 0.29) is 34.0 Å². The second-order valence-corrected chi connectivity index (χ2v) is 11.2. The van der Waals surface area contributed by atoms with E-state index in [4.69, 9.17) is 31.9 Å². The van der Waals surface area contributed by atoms with Crippen LogP contribution < -0.4 is 22.1 Å². The Morgan fingerprint density at radius 2 is 0.679 bits per heavy atom. The summed E-state index contributed by atoms with van der Waals surface area (Å²) in [5.41, 5.74) is 14.5. The van der Waals surface area contributed by atoms with Gasteiger partial charge in [0.05, 0.1) is 0 Å². The van der Waals surface area contributed by atoms with Crippen LogP contribution in [-0.2, 0) is 0 Å². The number of amides is 4. The third-order valence-electron chi connectivity index (χ3n) is 6.38. The van der Waals surface area contributed by atoms with Gasteiger partial charge in [0.15, 0.2) is 0 Å². The van der Waals surface area contributed by atoms with Gasteiger partial charge < -0.3 is 42.5 Å². The normalized spacial score (nSPS) is 9.07. The molecule has 0 spiro atoms. The van der Waals surface area contributed by atoms with Crippen LogP contribution in [0.1, 0.15) is 43.0 Å². The van der Waals surface area contributed by atoms with Crippen molar-refractivity contribution in [2.75, 3.05) is 10.6 Å². The topological polar surface area (TPSA) is 277 Å². The number of benzene rings is 2. The summed E-state index contributed by atoms with van der Waals surface area (Å²) in [6.45, 7) is 8.17. The molecule has 292 valence electrons. The molecule has 16 nitrogen and oxygen atoms in total. The van der Waals surface area contributed by atoms with E-state index in [1.165, 1.54) is 34.4 Å². The van der Waals surface area contributed by atoms with Gasteiger partial charge in [-0.3, -0.25) is 19.9 Å². The Kier molecular flexibility index (Phi) is 21.4. The number of carbonyl (C=O) groups excluding carboxylic acids is 2. The summed E-state index contributed by atoms with van der Waals surface area (Å²) in [4.78, 5) is 57.4. The summed E-state index contributed by atoms with van der Waals surface area (Å²) in [5.74, 6) is -3.30. The van der Waals surface area contributed by atoms with Gasteiger partial charge >= 0.3 is 24.0 Å². The number of carbonyl (C=O) groups is 4. The maximum absolute atomic E-state index is 10.6. The minimum Gasteiger partial charge on any atom is -0.507 e. The number of carboxylic acid groups (broad SMARTS) is 2. The number of hydrogen-bond acceptors (Lipinski definition) is 10. The summed E-state index contributed by atoms with van der Waals surface area (Å²) in [6, 6.07) is 21.4. The molecule has 0 aliphatic heterocycles. The van der Waals surface area contributed by atoms with Crippen LogP contribution in [0.15, 0.2) is 135 Å². The Morgan fingerprint density at radius 1 is 0.446 bits per heavy atom. The largest absolute Gasteiger partial charge is 0.507 e. The minimum atomic E-state index is -1.28. The molecule has 6 rings (SSSR count). The van der Waals surface area contributed by atoms with Gasteiger partial charge in [-0.05, 0) is 135 Å². The molecule has 2 aromatic carbocycles. The molecule has 4 amide bonds. The lowest BCUT2D eigenvalue weighted by Gasteiger charge is -2.04. The number of aryl methyl sites for hydroxylation is 4. The van der Waals surface area contributed by atoms with E-state index in [1.54, 1.807) is 49.6 Å². The molecule has 0 bridgehead atoms. The highest BCUT2D eigenvalue weighted by atomic mass is 16.4. The van der Waals surface area contributed by atoms with E-state index in [9.17, 15) is 19.2 Å². The Hall–Kier alpha value is -7.88. The van der Waals surface area contributed by atoms with Gasteiger partial charge in [0.25, 0.3) is 0 Å². The van der Waals surface area contributed by atoms with E-state index >= 15 is 0 Å². The quantitative estimate of drug-likeness (QED) is 0.0869. The third-order valence-corrected chi connectivity index (χ3v) is 6.38. The summed E-state index contributed by atoms with van der Waals surface area (Å²) in [7, 11) is 0. The van der Waals surface area contributed by atoms with Crippen molar-refractivity contribution in [3.05, 3.63) is 168 Å². The first-order valence-corrected chi connectivity index (χ1v) is 16.3. The summed E-state index contributed by atoms with van der Waals surface area (Å²) >= 11 is 0. The molecule has 0 unspecified atom stereocenters. The van der Waals surface area contributed by atoms with Crippen LogP contribution in [0.3, 0.4) is 0 Å². The number of phenols is 2. The monoisotopic (exact) mass is 764 g/mol. The van der Waals surface area contributed by atoms with E-state index in [2.05, 4.69) is 30.6 Å². The van der Waals surface area contributed by atoms with Crippen LogP contribution in [0.4, 0.5) is 21.0 Å². The fraction of sp³-hybridized carbons (Fsp3) is 0.100. The van der Waals surface area contributed by atoms with Crippen LogP contribution >= 0.6 is 0 Å². The minimum absolute atomic E-state index is 0.215. The number of nitrogens with zero attached hydrogens (tertiary/aromatic N) is 4. The molecule has 16 heteroatoms. The van der Waals surface area contributed by atoms with E-state index in [1.807, 2.05) is 76.2 Å². The zero-order valence-electron chi connectivity index (χ0n) is 31.1. The van der Waals surface area contributed by atoms with Crippen LogP contribution in [0, 0.1) is 27.7 Å². The first-order chi connectivity index (χ1) is 26.6. The number of aromatic carboxylic acids is 2. The van der Waals surface area contributed by atoms with Gasteiger partial charge in [0.2, 0.25) is 0 Å². The van der Waals surface area contributed by atoms with Crippen molar-refractivity contribution < 1.29 is 39.6 Å². The Balaban J connectivity index is 0.000000347. The number of urea groups is 2. The fourth-order valence-electron chi connectivity index (χ4n) is 3.56. The fourth-order valence-corrected chi connectivity index (χ4v) is 3.56. The molecule has 6 aromatic rings. The van der Waals surface area contributed by atoms with Gasteiger partial charge in [0.1, 0.15) is 22.6 Å². The number of nitrogens with two attached hydrogens (primary N) is 2. The number of hydrogen-bond donors (Lipinski definition) is 8. The highest BCUT2D eigenvalue weighted by molar-refractivity contribution is 5.95. The molecule has 4 heterocycles. The van der Waals surface area contributed by atoms with Gasteiger partial charge in [-0.2, -0.15) is 0 Å². The molecule has 0 aliphatic carbocycles. The van der Waals surface area contributed by atoms with Crippen molar-refractivity contribution in [1.29, 1.82) is 0 Å². The van der Waals surface area contributed by atoms with E-state index < -0.39 is 24.0 Å². The van der Waals surface area contributed by atoms with Crippen LogP contribution in [0.2, 0.25) is 0 Å². The Labute approximate surface area is 323 Å². The highest BCUT2D eigenvalue weighted by Gasteiger charge is 2.11. The first-order valence-electron chi connectivity index (χ1n) is 16.3. The van der Waals surface area contributed by atoms with Crippen LogP contribution in [0.5, 0.6) is 11.5 Å². The zero-order chi connectivity index (χ0) is 41.9. The van der Waals surface area contributed by atoms with Crippen LogP contribution in [-0.4, -0.2) is 64.4 Å². The Bertz CT molecular complexity index is 1850. The van der Waals surface area contributed by atoms with Gasteiger partial charge in [0, 0.05) is 60.9 Å². The number of primary amides is 2. The summed E-state index contributed by atoms with van der Waals surface area (Å²) < 4.78 is 0. The van der Waals surface area contributed by atoms with Crippen LogP contribution in [0.25, 0.3) is 0 Å². The SMILES string of the molecule is Cc1ccncc1.Cc1ccncc1.Cc1ccncc1.Cc1ccncc1.NC(=O)Nc1ccc(O)c(C(=O)O)c1.NC(=O)Nc1ccc(O)c(C(=O)O)c1. The molecular formula is C40H44N8O8. The lowest BCUT2D eigenvalue weighted by Crippen LogP contribution is -2.19. The van der Waals surface area contributed by atoms with Crippen molar-refractivity contribution >= 4 is 35.4 Å². The predicted molar refractivity (Wildman–Crippen MR) is 212 cm³/mol. The lowest BCUT2D eigenvalue weighted by atomic mass is 10.2. The molecule has 56 heavy (non-hydrogen) atoms. The molecule has 0 fully saturated rings. The second kappa shape index (κ2) is 26.0. The molecule has 10 N–H and O–H groups in total. The number of anilines is 2. The van der Waals surface area contributed by atoms with Gasteiger partial charge in [-0.15, -0.1) is 0 Å². The highest BCUT2D eigenvalue weighted by Crippen LogP contribution is 2.22. The van der Waals surface area contributed by atoms with Crippen molar-refractivity contribution in [2.24, 2.45) is 11.5 Å². The number of pyridine rings is 4. The van der Waals surface area contributed by atoms with Gasteiger partial charge in [-0.25, -0.2) is 19.2 Å². The average Bonchev–Trinajstić information content (AvgIpc) is 3.15. The molecule has 4 aromatic heterocycles. The maximum Gasteiger partial charge on any atom is 0.339 e. The number of aromatic nitrogens is 4. The molecular weight excluding hydrogens is 720 g/mol. The predicted octanol–water partition coefficient (Wildman–Crippen LogP) is 6.72. The average molecular weight is 765 g/mol. The molecule has 0 aliphatic rings. The van der Waals surface area contributed by atoms with E-state index in [0.29, 0.717) is 0 Å². The number of nitrogens with one attached hydrogen (secondary N) is 2. The molecule has 0 saturated carbocycles. The number of carboxylic acids is 2. The lowest BCUT2D eigenvalue weighted by molar-refractivity contribution is 0.0682. The van der Waals surface area contributed by atoms with Crippen molar-refractivity contribution in [1.82, 2.24) is 19.9 Å². The Morgan fingerprint density at radius 3 is 0.839 bits per heavy atom.